The molecule has 0 fully saturated rings. The van der Waals surface area contributed by atoms with E-state index in [9.17, 15) is 4.79 Å². The summed E-state index contributed by atoms with van der Waals surface area (Å²) in [6.45, 7) is 6.52. The average Bonchev–Trinajstić information content (AvgIpc) is 3.41. The van der Waals surface area contributed by atoms with Crippen LogP contribution in [0, 0.1) is 6.92 Å². The van der Waals surface area contributed by atoms with Crippen LogP contribution in [0.25, 0.3) is 17.3 Å². The fourth-order valence-corrected chi connectivity index (χ4v) is 3.41. The Labute approximate surface area is 181 Å². The van der Waals surface area contributed by atoms with Gasteiger partial charge in [-0.1, -0.05) is 44.2 Å². The summed E-state index contributed by atoms with van der Waals surface area (Å²) in [5, 5.41) is 12.6. The Hall–Kier alpha value is -3.74. The predicted molar refractivity (Wildman–Crippen MR) is 118 cm³/mol. The van der Waals surface area contributed by atoms with Gasteiger partial charge >= 0.3 is 0 Å². The minimum atomic E-state index is -0.0259. The first-order valence-electron chi connectivity index (χ1n) is 10.2. The first-order valence-corrected chi connectivity index (χ1v) is 10.2. The summed E-state index contributed by atoms with van der Waals surface area (Å²) < 4.78 is 7.39. The van der Waals surface area contributed by atoms with Crippen LogP contribution in [0.2, 0.25) is 0 Å². The molecule has 0 saturated carbocycles. The van der Waals surface area contributed by atoms with E-state index in [0.29, 0.717) is 29.6 Å². The minimum Gasteiger partial charge on any atom is -0.420 e. The maximum atomic E-state index is 12.8. The second-order valence-electron chi connectivity index (χ2n) is 7.84. The molecule has 0 aliphatic carbocycles. The quantitative estimate of drug-likeness (QED) is 0.459. The van der Waals surface area contributed by atoms with Crippen molar-refractivity contribution in [3.8, 4) is 17.3 Å². The van der Waals surface area contributed by atoms with Crippen LogP contribution in [-0.2, 0) is 6.54 Å². The lowest BCUT2D eigenvalue weighted by Crippen LogP contribution is -2.26. The van der Waals surface area contributed by atoms with Crippen molar-refractivity contribution in [1.29, 1.82) is 0 Å². The van der Waals surface area contributed by atoms with Crippen LogP contribution in [0.3, 0.4) is 0 Å². The molecule has 0 bridgehead atoms. The van der Waals surface area contributed by atoms with E-state index in [-0.39, 0.29) is 11.8 Å². The zero-order valence-electron chi connectivity index (χ0n) is 18.1. The number of carbonyl (C=O) groups is 1. The van der Waals surface area contributed by atoms with Gasteiger partial charge in [0.25, 0.3) is 11.8 Å². The molecule has 0 saturated heterocycles. The van der Waals surface area contributed by atoms with Crippen molar-refractivity contribution in [3.63, 3.8) is 0 Å². The monoisotopic (exact) mass is 415 g/mol. The van der Waals surface area contributed by atoms with Crippen LogP contribution >= 0.6 is 0 Å². The number of hydrogen-bond acceptors (Lipinski definition) is 5. The molecule has 4 rings (SSSR count). The van der Waals surface area contributed by atoms with Gasteiger partial charge in [0.2, 0.25) is 5.89 Å². The molecule has 4 aromatic rings. The molecule has 2 aromatic heterocycles. The smallest absolute Gasteiger partial charge is 0.268 e. The van der Waals surface area contributed by atoms with E-state index in [1.165, 1.54) is 0 Å². The maximum absolute atomic E-state index is 12.8. The summed E-state index contributed by atoms with van der Waals surface area (Å²) in [4.78, 5) is 14.6. The molecule has 7 heteroatoms. The molecular weight excluding hydrogens is 390 g/mol. The van der Waals surface area contributed by atoms with Gasteiger partial charge in [0.15, 0.2) is 0 Å². The van der Waals surface area contributed by atoms with Crippen LogP contribution < -0.4 is 0 Å². The SMILES string of the molecule is Cc1nnc(-c2cc(C(C)C)n(-c3ccc(C(=O)N(C)Cc4ccccc4)cc3)n2)o1. The fraction of sp³-hybridized carbons (Fsp3) is 0.250. The lowest BCUT2D eigenvalue weighted by Gasteiger charge is -2.18. The summed E-state index contributed by atoms with van der Waals surface area (Å²) in [5.41, 5.74) is 4.25. The number of aromatic nitrogens is 4. The average molecular weight is 415 g/mol. The summed E-state index contributed by atoms with van der Waals surface area (Å²) >= 11 is 0. The normalized spacial score (nSPS) is 11.1. The van der Waals surface area contributed by atoms with Gasteiger partial charge in [-0.05, 0) is 41.8 Å². The molecule has 0 spiro atoms. The number of benzene rings is 2. The lowest BCUT2D eigenvalue weighted by atomic mass is 10.1. The molecule has 0 aliphatic heterocycles. The van der Waals surface area contributed by atoms with E-state index in [2.05, 4.69) is 29.1 Å². The molecule has 158 valence electrons. The Balaban J connectivity index is 1.57. The summed E-state index contributed by atoms with van der Waals surface area (Å²) in [6, 6.07) is 19.4. The molecule has 0 radical (unpaired) electrons. The van der Waals surface area contributed by atoms with Gasteiger partial charge in [-0.3, -0.25) is 4.79 Å². The molecule has 1 amide bonds. The van der Waals surface area contributed by atoms with Crippen LogP contribution in [0.15, 0.2) is 65.1 Å². The van der Waals surface area contributed by atoms with Crippen molar-refractivity contribution < 1.29 is 9.21 Å². The van der Waals surface area contributed by atoms with Gasteiger partial charge in [0.05, 0.1) is 5.69 Å². The highest BCUT2D eigenvalue weighted by molar-refractivity contribution is 5.94. The van der Waals surface area contributed by atoms with Crippen molar-refractivity contribution >= 4 is 5.91 Å². The third-order valence-electron chi connectivity index (χ3n) is 5.04. The molecule has 2 aromatic carbocycles. The van der Waals surface area contributed by atoms with Crippen molar-refractivity contribution in [3.05, 3.63) is 83.4 Å². The van der Waals surface area contributed by atoms with Crippen LogP contribution in [0.4, 0.5) is 0 Å². The fourth-order valence-electron chi connectivity index (χ4n) is 3.41. The Morgan fingerprint density at radius 2 is 1.77 bits per heavy atom. The topological polar surface area (TPSA) is 77.1 Å². The summed E-state index contributed by atoms with van der Waals surface area (Å²) in [6.07, 6.45) is 0. The van der Waals surface area contributed by atoms with Crippen LogP contribution in [0.1, 0.15) is 47.3 Å². The molecule has 7 nitrogen and oxygen atoms in total. The third-order valence-corrected chi connectivity index (χ3v) is 5.04. The number of rotatable bonds is 6. The van der Waals surface area contributed by atoms with Crippen molar-refractivity contribution in [2.75, 3.05) is 7.05 Å². The first-order chi connectivity index (χ1) is 14.9. The van der Waals surface area contributed by atoms with E-state index in [0.717, 1.165) is 16.9 Å². The Morgan fingerprint density at radius 3 is 2.39 bits per heavy atom. The number of nitrogens with zero attached hydrogens (tertiary/aromatic N) is 5. The molecule has 31 heavy (non-hydrogen) atoms. The summed E-state index contributed by atoms with van der Waals surface area (Å²) in [7, 11) is 1.81. The highest BCUT2D eigenvalue weighted by Crippen LogP contribution is 2.26. The Bertz CT molecular complexity index is 1180. The molecule has 0 aliphatic rings. The number of amides is 1. The van der Waals surface area contributed by atoms with E-state index in [4.69, 9.17) is 4.42 Å². The number of carbonyl (C=O) groups excluding carboxylic acids is 1. The largest absolute Gasteiger partial charge is 0.420 e. The second-order valence-corrected chi connectivity index (χ2v) is 7.84. The maximum Gasteiger partial charge on any atom is 0.268 e. The summed E-state index contributed by atoms with van der Waals surface area (Å²) in [5.74, 6) is 1.11. The van der Waals surface area contributed by atoms with Crippen molar-refractivity contribution in [2.24, 2.45) is 0 Å². The lowest BCUT2D eigenvalue weighted by molar-refractivity contribution is 0.0785. The number of hydrogen-bond donors (Lipinski definition) is 0. The molecule has 0 unspecified atom stereocenters. The van der Waals surface area contributed by atoms with Crippen molar-refractivity contribution in [1.82, 2.24) is 24.9 Å². The Morgan fingerprint density at radius 1 is 1.06 bits per heavy atom. The van der Waals surface area contributed by atoms with Gasteiger partial charge in [-0.2, -0.15) is 5.10 Å². The van der Waals surface area contributed by atoms with E-state index in [1.54, 1.807) is 11.8 Å². The van der Waals surface area contributed by atoms with Crippen molar-refractivity contribution in [2.45, 2.75) is 33.2 Å². The number of aryl methyl sites for hydroxylation is 1. The molecule has 0 atom stereocenters. The van der Waals surface area contributed by atoms with E-state index in [1.807, 2.05) is 72.4 Å². The van der Waals surface area contributed by atoms with Gasteiger partial charge in [-0.15, -0.1) is 10.2 Å². The Kier molecular flexibility index (Phi) is 5.66. The highest BCUT2D eigenvalue weighted by atomic mass is 16.4. The van der Waals surface area contributed by atoms with Gasteiger partial charge in [-0.25, -0.2) is 4.68 Å². The van der Waals surface area contributed by atoms with Gasteiger partial charge in [0.1, 0.15) is 5.69 Å². The standard InChI is InChI=1S/C24H25N5O2/c1-16(2)22-14-21(23-26-25-17(3)31-23)27-29(22)20-12-10-19(11-13-20)24(30)28(4)15-18-8-6-5-7-9-18/h5-14,16H,15H2,1-4H3. The molecule has 2 heterocycles. The first kappa shape index (κ1) is 20.5. The zero-order chi connectivity index (χ0) is 22.0. The van der Waals surface area contributed by atoms with Gasteiger partial charge in [0, 0.05) is 31.8 Å². The predicted octanol–water partition coefficient (Wildman–Crippen LogP) is 4.63. The van der Waals surface area contributed by atoms with E-state index >= 15 is 0 Å². The molecule has 0 N–H and O–H groups in total. The van der Waals surface area contributed by atoms with Crippen LogP contribution in [-0.4, -0.2) is 37.8 Å². The third kappa shape index (κ3) is 4.40. The highest BCUT2D eigenvalue weighted by Gasteiger charge is 2.18. The second kappa shape index (κ2) is 8.55. The van der Waals surface area contributed by atoms with Gasteiger partial charge < -0.3 is 9.32 Å². The molecular formula is C24H25N5O2. The van der Waals surface area contributed by atoms with E-state index < -0.39 is 0 Å². The minimum absolute atomic E-state index is 0.0259. The van der Waals surface area contributed by atoms with Crippen LogP contribution in [0.5, 0.6) is 0 Å². The zero-order valence-corrected chi connectivity index (χ0v) is 18.1.